The van der Waals surface area contributed by atoms with Gasteiger partial charge in [-0.2, -0.15) is 0 Å². The van der Waals surface area contributed by atoms with E-state index in [-0.39, 0.29) is 11.6 Å². The van der Waals surface area contributed by atoms with E-state index >= 15 is 0 Å². The first-order chi connectivity index (χ1) is 13.5. The van der Waals surface area contributed by atoms with E-state index in [9.17, 15) is 14.9 Å². The van der Waals surface area contributed by atoms with Gasteiger partial charge < -0.3 is 9.80 Å². The molecule has 0 saturated carbocycles. The number of hydrogen-bond acceptors (Lipinski definition) is 6. The summed E-state index contributed by atoms with van der Waals surface area (Å²) in [7, 11) is 0. The Balaban J connectivity index is 1.49. The first-order valence-corrected chi connectivity index (χ1v) is 9.91. The van der Waals surface area contributed by atoms with Gasteiger partial charge in [0.25, 0.3) is 11.6 Å². The lowest BCUT2D eigenvalue weighted by Crippen LogP contribution is -2.48. The van der Waals surface area contributed by atoms with E-state index in [0.717, 1.165) is 16.2 Å². The summed E-state index contributed by atoms with van der Waals surface area (Å²) in [6.45, 7) is 6.21. The summed E-state index contributed by atoms with van der Waals surface area (Å²) in [5.74, 6) is -0.152. The Morgan fingerprint density at radius 1 is 1.11 bits per heavy atom. The number of thiazole rings is 1. The van der Waals surface area contributed by atoms with Crippen LogP contribution in [0.25, 0.3) is 10.2 Å². The van der Waals surface area contributed by atoms with Crippen LogP contribution in [0.4, 0.5) is 10.8 Å². The molecule has 28 heavy (non-hydrogen) atoms. The van der Waals surface area contributed by atoms with E-state index in [1.54, 1.807) is 35.3 Å². The molecule has 2 aromatic carbocycles. The number of nitro groups is 1. The van der Waals surface area contributed by atoms with Gasteiger partial charge in [-0.05, 0) is 31.5 Å². The number of anilines is 1. The Labute approximate surface area is 166 Å². The van der Waals surface area contributed by atoms with Crippen molar-refractivity contribution in [3.63, 3.8) is 0 Å². The third-order valence-corrected chi connectivity index (χ3v) is 6.26. The fourth-order valence-electron chi connectivity index (χ4n) is 3.53. The average molecular weight is 396 g/mol. The van der Waals surface area contributed by atoms with Crippen molar-refractivity contribution >= 4 is 38.3 Å². The molecule has 7 nitrogen and oxygen atoms in total. The third kappa shape index (κ3) is 3.20. The molecule has 1 aliphatic rings. The number of rotatable bonds is 3. The molecular formula is C20H20N4O3S. The van der Waals surface area contributed by atoms with Gasteiger partial charge in [-0.3, -0.25) is 14.9 Å². The summed E-state index contributed by atoms with van der Waals surface area (Å²) in [6, 6.07) is 10.8. The molecule has 0 spiro atoms. The summed E-state index contributed by atoms with van der Waals surface area (Å²) >= 11 is 1.67. The minimum atomic E-state index is -0.445. The van der Waals surface area contributed by atoms with Gasteiger partial charge in [-0.15, -0.1) is 0 Å². The SMILES string of the molecule is Cc1c(C(=O)N2CCN(c3nc4c(C)cccc4s3)CC2)cccc1[N+](=O)[O-]. The van der Waals surface area contributed by atoms with Crippen molar-refractivity contribution in [2.45, 2.75) is 13.8 Å². The Hall–Kier alpha value is -3.00. The van der Waals surface area contributed by atoms with E-state index in [1.807, 2.05) is 6.07 Å². The van der Waals surface area contributed by atoms with Gasteiger partial charge in [0.1, 0.15) is 0 Å². The van der Waals surface area contributed by atoms with Crippen LogP contribution in [-0.2, 0) is 0 Å². The van der Waals surface area contributed by atoms with Gasteiger partial charge >= 0.3 is 0 Å². The summed E-state index contributed by atoms with van der Waals surface area (Å²) in [5.41, 5.74) is 3.00. The predicted molar refractivity (Wildman–Crippen MR) is 110 cm³/mol. The summed E-state index contributed by atoms with van der Waals surface area (Å²) < 4.78 is 1.17. The number of nitrogens with zero attached hydrogens (tertiary/aromatic N) is 4. The van der Waals surface area contributed by atoms with Crippen molar-refractivity contribution in [1.29, 1.82) is 0 Å². The molecule has 0 radical (unpaired) electrons. The number of para-hydroxylation sites is 1. The molecule has 1 saturated heterocycles. The molecule has 1 fully saturated rings. The maximum Gasteiger partial charge on any atom is 0.273 e. The maximum absolute atomic E-state index is 12.9. The zero-order chi connectivity index (χ0) is 19.8. The number of fused-ring (bicyclic) bond motifs is 1. The minimum Gasteiger partial charge on any atom is -0.345 e. The van der Waals surface area contributed by atoms with Gasteiger partial charge in [-0.25, -0.2) is 4.98 Å². The number of hydrogen-bond donors (Lipinski definition) is 0. The molecule has 0 bridgehead atoms. The molecule has 0 atom stereocenters. The molecule has 1 amide bonds. The standard InChI is InChI=1S/C20H20N4O3S/c1-13-5-3-8-17-18(13)21-20(28-17)23-11-9-22(10-12-23)19(25)15-6-4-7-16(14(15)2)24(26)27/h3-8H,9-12H2,1-2H3. The highest BCUT2D eigenvalue weighted by Gasteiger charge is 2.26. The number of aryl methyl sites for hydroxylation is 1. The van der Waals surface area contributed by atoms with Crippen LogP contribution in [0.3, 0.4) is 0 Å². The second-order valence-electron chi connectivity index (χ2n) is 6.90. The largest absolute Gasteiger partial charge is 0.345 e. The van der Waals surface area contributed by atoms with Gasteiger partial charge in [0.05, 0.1) is 15.1 Å². The van der Waals surface area contributed by atoms with Gasteiger partial charge in [0.15, 0.2) is 5.13 Å². The molecule has 1 aliphatic heterocycles. The maximum atomic E-state index is 12.9. The van der Waals surface area contributed by atoms with Gasteiger partial charge in [0.2, 0.25) is 0 Å². The number of carbonyl (C=O) groups is 1. The second kappa shape index (κ2) is 7.20. The van der Waals surface area contributed by atoms with Crippen LogP contribution in [0.1, 0.15) is 21.5 Å². The first-order valence-electron chi connectivity index (χ1n) is 9.10. The molecule has 0 aliphatic carbocycles. The van der Waals surface area contributed by atoms with Crippen molar-refractivity contribution in [3.05, 3.63) is 63.2 Å². The lowest BCUT2D eigenvalue weighted by atomic mass is 10.1. The highest BCUT2D eigenvalue weighted by atomic mass is 32.1. The number of carbonyl (C=O) groups excluding carboxylic acids is 1. The second-order valence-corrected chi connectivity index (χ2v) is 7.91. The summed E-state index contributed by atoms with van der Waals surface area (Å²) in [4.78, 5) is 32.3. The van der Waals surface area contributed by atoms with Gasteiger partial charge in [0, 0.05) is 43.4 Å². The number of piperazine rings is 1. The first kappa shape index (κ1) is 18.4. The van der Waals surface area contributed by atoms with Crippen molar-refractivity contribution in [3.8, 4) is 0 Å². The lowest BCUT2D eigenvalue weighted by molar-refractivity contribution is -0.385. The average Bonchev–Trinajstić information content (AvgIpc) is 3.13. The summed E-state index contributed by atoms with van der Waals surface area (Å²) in [6.07, 6.45) is 0. The quantitative estimate of drug-likeness (QED) is 0.497. The number of amides is 1. The Morgan fingerprint density at radius 2 is 1.82 bits per heavy atom. The topological polar surface area (TPSA) is 79.6 Å². The number of nitro benzene ring substituents is 1. The third-order valence-electron chi connectivity index (χ3n) is 5.18. The van der Waals surface area contributed by atoms with Crippen LogP contribution in [0.5, 0.6) is 0 Å². The van der Waals surface area contributed by atoms with E-state index in [0.29, 0.717) is 37.3 Å². The molecule has 144 valence electrons. The van der Waals surface area contributed by atoms with Crippen LogP contribution >= 0.6 is 11.3 Å². The summed E-state index contributed by atoms with van der Waals surface area (Å²) in [5, 5.41) is 12.1. The fraction of sp³-hybridized carbons (Fsp3) is 0.300. The number of aromatic nitrogens is 1. The number of benzene rings is 2. The normalized spacial score (nSPS) is 14.5. The Morgan fingerprint density at radius 3 is 2.50 bits per heavy atom. The zero-order valence-corrected chi connectivity index (χ0v) is 16.5. The van der Waals surface area contributed by atoms with Gasteiger partial charge in [-0.1, -0.05) is 29.5 Å². The molecule has 8 heteroatoms. The van der Waals surface area contributed by atoms with E-state index < -0.39 is 4.92 Å². The Kier molecular flexibility index (Phi) is 4.72. The highest BCUT2D eigenvalue weighted by Crippen LogP contribution is 2.31. The Bertz CT molecular complexity index is 1070. The van der Waals surface area contributed by atoms with Crippen LogP contribution in [0.15, 0.2) is 36.4 Å². The zero-order valence-electron chi connectivity index (χ0n) is 15.7. The van der Waals surface area contributed by atoms with Crippen molar-refractivity contribution in [1.82, 2.24) is 9.88 Å². The molecule has 3 aromatic rings. The van der Waals surface area contributed by atoms with E-state index in [4.69, 9.17) is 4.98 Å². The lowest BCUT2D eigenvalue weighted by Gasteiger charge is -2.34. The molecule has 0 unspecified atom stereocenters. The minimum absolute atomic E-state index is 0.0191. The molecule has 1 aromatic heterocycles. The van der Waals surface area contributed by atoms with Crippen LogP contribution in [0, 0.1) is 24.0 Å². The van der Waals surface area contributed by atoms with Crippen LogP contribution < -0.4 is 4.90 Å². The van der Waals surface area contributed by atoms with E-state index in [2.05, 4.69) is 24.0 Å². The van der Waals surface area contributed by atoms with Crippen LogP contribution in [0.2, 0.25) is 0 Å². The van der Waals surface area contributed by atoms with Crippen molar-refractivity contribution in [2.24, 2.45) is 0 Å². The highest BCUT2D eigenvalue weighted by molar-refractivity contribution is 7.22. The predicted octanol–water partition coefficient (Wildman–Crippen LogP) is 3.78. The monoisotopic (exact) mass is 396 g/mol. The molecular weight excluding hydrogens is 376 g/mol. The smallest absolute Gasteiger partial charge is 0.273 e. The molecule has 4 rings (SSSR count). The fourth-order valence-corrected chi connectivity index (χ4v) is 4.63. The van der Waals surface area contributed by atoms with Crippen LogP contribution in [-0.4, -0.2) is 46.9 Å². The van der Waals surface area contributed by atoms with Crippen molar-refractivity contribution < 1.29 is 9.72 Å². The van der Waals surface area contributed by atoms with Crippen molar-refractivity contribution in [2.75, 3.05) is 31.1 Å². The molecule has 2 heterocycles. The molecule has 0 N–H and O–H groups in total. The van der Waals surface area contributed by atoms with E-state index in [1.165, 1.54) is 10.8 Å².